The number of esters is 4. The van der Waals surface area contributed by atoms with Gasteiger partial charge in [0.2, 0.25) is 6.10 Å². The summed E-state index contributed by atoms with van der Waals surface area (Å²) in [7, 11) is 0. The van der Waals surface area contributed by atoms with Crippen molar-refractivity contribution in [3.8, 4) is 0 Å². The molecule has 0 aromatic carbocycles. The minimum atomic E-state index is -6.63. The number of alkyl halides is 15. The summed E-state index contributed by atoms with van der Waals surface area (Å²) in [5.74, 6) is -5.22. The first kappa shape index (κ1) is 60.2. The van der Waals surface area contributed by atoms with Gasteiger partial charge < -0.3 is 43.8 Å². The molecule has 66 heavy (non-hydrogen) atoms. The second kappa shape index (κ2) is 24.1. The van der Waals surface area contributed by atoms with Crippen LogP contribution in [0.1, 0.15) is 20.3 Å². The third kappa shape index (κ3) is 23.9. The number of carbonyl (C=O) groups is 6. The first-order valence-corrected chi connectivity index (χ1v) is 17.0. The maximum atomic E-state index is 15.1. The monoisotopic (exact) mass is 1000 g/mol. The van der Waals surface area contributed by atoms with Crippen LogP contribution in [-0.4, -0.2) is 136 Å². The summed E-state index contributed by atoms with van der Waals surface area (Å²) >= 11 is 0. The minimum absolute atomic E-state index is 0.487. The Morgan fingerprint density at radius 2 is 0.712 bits per heavy atom. The largest absolute Gasteiger partial charge is 0.527 e. The van der Waals surface area contributed by atoms with E-state index in [1.807, 2.05) is 0 Å². The maximum absolute atomic E-state index is 15.1. The standard InChI is InChI=1S/C33H35F15N2O16/c1-7-20(51)58-13-26(5,14-59-21(52)8-2)49-24(55)62-18(29(36,37)65-32(43,44)45)11-17(28(34,35)64-31(40,41)42)57-12-19(30(38,39)66-33(46,47)48)63-25(56)50-27(6,15-60-22(53)9-3)16-61-23(54)10-4/h7-10,17-19H,1-4,11-16H2,5-6H3,(H,49,55)(H,50,56). The fourth-order valence-electron chi connectivity index (χ4n) is 4.01. The van der Waals surface area contributed by atoms with Crippen molar-refractivity contribution in [1.29, 1.82) is 0 Å². The molecule has 0 fully saturated rings. The number of hydrogen-bond donors (Lipinski definition) is 2. The molecule has 3 unspecified atom stereocenters. The highest BCUT2D eigenvalue weighted by atomic mass is 19.4. The Morgan fingerprint density at radius 1 is 0.455 bits per heavy atom. The molecule has 0 aliphatic heterocycles. The van der Waals surface area contributed by atoms with Gasteiger partial charge in [-0.05, 0) is 13.8 Å². The van der Waals surface area contributed by atoms with E-state index in [-0.39, 0.29) is 0 Å². The molecule has 0 aliphatic carbocycles. The van der Waals surface area contributed by atoms with Crippen molar-refractivity contribution >= 4 is 36.1 Å². The van der Waals surface area contributed by atoms with E-state index in [1.165, 1.54) is 10.6 Å². The average molecular weight is 1000 g/mol. The van der Waals surface area contributed by atoms with Crippen LogP contribution in [0.4, 0.5) is 75.4 Å². The normalized spacial score (nSPS) is 14.3. The third-order valence-electron chi connectivity index (χ3n) is 6.86. The van der Waals surface area contributed by atoms with E-state index in [9.17, 15) is 77.1 Å². The quantitative estimate of drug-likeness (QED) is 0.0432. The maximum Gasteiger partial charge on any atom is 0.527 e. The van der Waals surface area contributed by atoms with Crippen LogP contribution in [0.5, 0.6) is 0 Å². The van der Waals surface area contributed by atoms with Crippen LogP contribution in [0, 0.1) is 0 Å². The van der Waals surface area contributed by atoms with E-state index in [4.69, 9.17) is 0 Å². The summed E-state index contributed by atoms with van der Waals surface area (Å²) in [6.07, 6.45) is -57.6. The number of halogens is 15. The first-order chi connectivity index (χ1) is 29.7. The predicted molar refractivity (Wildman–Crippen MR) is 179 cm³/mol. The lowest BCUT2D eigenvalue weighted by molar-refractivity contribution is -0.459. The summed E-state index contributed by atoms with van der Waals surface area (Å²) in [6, 6.07) is 0. The number of rotatable bonds is 27. The van der Waals surface area contributed by atoms with Crippen LogP contribution >= 0.6 is 0 Å². The molecule has 378 valence electrons. The molecule has 0 aromatic heterocycles. The molecule has 0 rings (SSSR count). The molecule has 33 heteroatoms. The van der Waals surface area contributed by atoms with Crippen LogP contribution in [0.25, 0.3) is 0 Å². The van der Waals surface area contributed by atoms with Gasteiger partial charge in [-0.1, -0.05) is 26.3 Å². The predicted octanol–water partition coefficient (Wildman–Crippen LogP) is 5.77. The Bertz CT molecular complexity index is 1690. The van der Waals surface area contributed by atoms with E-state index < -0.39 is 142 Å². The molecule has 3 atom stereocenters. The SMILES string of the molecule is C=CC(=O)OCC(C)(COC(=O)C=C)NC(=O)OC(COC(CC(OC(=O)NC(C)(COC(=O)C=C)COC(=O)C=C)C(F)(F)OC(F)(F)F)C(F)(F)OC(F)(F)F)C(F)(F)OC(F)(F)F. The van der Waals surface area contributed by atoms with E-state index in [0.29, 0.717) is 24.3 Å². The summed E-state index contributed by atoms with van der Waals surface area (Å²) in [4.78, 5) is 71.9. The molecule has 2 amide bonds. The number of nitrogens with one attached hydrogen (secondary N) is 2. The van der Waals surface area contributed by atoms with Crippen LogP contribution in [-0.2, 0) is 66.5 Å². The lowest BCUT2D eigenvalue weighted by Crippen LogP contribution is -2.57. The highest BCUT2D eigenvalue weighted by Gasteiger charge is 2.60. The number of amides is 2. The van der Waals surface area contributed by atoms with Gasteiger partial charge in [0.15, 0.2) is 12.2 Å². The molecule has 0 aromatic rings. The van der Waals surface area contributed by atoms with E-state index in [0.717, 1.165) is 13.8 Å². The van der Waals surface area contributed by atoms with Gasteiger partial charge in [0.1, 0.15) is 37.5 Å². The summed E-state index contributed by atoms with van der Waals surface area (Å²) in [6.45, 7) is 5.92. The third-order valence-corrected chi connectivity index (χ3v) is 6.86. The van der Waals surface area contributed by atoms with Crippen molar-refractivity contribution in [3.05, 3.63) is 50.6 Å². The van der Waals surface area contributed by atoms with Gasteiger partial charge in [-0.25, -0.2) is 43.0 Å². The number of hydrogen-bond acceptors (Lipinski definition) is 16. The molecule has 0 saturated carbocycles. The number of alkyl carbamates (subject to hydrolysis) is 2. The topological polar surface area (TPSA) is 219 Å². The van der Waals surface area contributed by atoms with E-state index in [1.54, 1.807) is 0 Å². The molecular weight excluding hydrogens is 965 g/mol. The van der Waals surface area contributed by atoms with Gasteiger partial charge in [0, 0.05) is 30.7 Å². The zero-order valence-corrected chi connectivity index (χ0v) is 33.3. The summed E-state index contributed by atoms with van der Waals surface area (Å²) < 4.78 is 246. The van der Waals surface area contributed by atoms with Gasteiger partial charge in [-0.3, -0.25) is 0 Å². The lowest BCUT2D eigenvalue weighted by Gasteiger charge is -2.35. The Balaban J connectivity index is 7.38. The molecule has 0 bridgehead atoms. The summed E-state index contributed by atoms with van der Waals surface area (Å²) in [5, 5.41) is 3.03. The van der Waals surface area contributed by atoms with Gasteiger partial charge in [0.25, 0.3) is 0 Å². The van der Waals surface area contributed by atoms with Crippen LogP contribution in [0.2, 0.25) is 0 Å². The smallest absolute Gasteiger partial charge is 0.460 e. The van der Waals surface area contributed by atoms with Gasteiger partial charge in [-0.15, -0.1) is 39.5 Å². The van der Waals surface area contributed by atoms with Crippen molar-refractivity contribution < 1.29 is 142 Å². The average Bonchev–Trinajstić information content (AvgIpc) is 3.14. The van der Waals surface area contributed by atoms with Gasteiger partial charge >= 0.3 is 73.5 Å². The molecule has 2 N–H and O–H groups in total. The molecule has 0 spiro atoms. The Labute approximate surface area is 359 Å². The van der Waals surface area contributed by atoms with E-state index in [2.05, 4.69) is 73.7 Å². The number of carbonyl (C=O) groups excluding carboxylic acids is 6. The Hall–Kier alpha value is -5.83. The van der Waals surface area contributed by atoms with Crippen molar-refractivity contribution in [2.45, 2.75) is 87.1 Å². The lowest BCUT2D eigenvalue weighted by atomic mass is 10.1. The second-order valence-corrected chi connectivity index (χ2v) is 12.8. The van der Waals surface area contributed by atoms with E-state index >= 15 is 17.6 Å². The highest BCUT2D eigenvalue weighted by Crippen LogP contribution is 2.40. The Morgan fingerprint density at radius 3 is 0.985 bits per heavy atom. The first-order valence-electron chi connectivity index (χ1n) is 17.0. The van der Waals surface area contributed by atoms with Crippen LogP contribution in [0.3, 0.4) is 0 Å². The van der Waals surface area contributed by atoms with Crippen molar-refractivity contribution in [3.63, 3.8) is 0 Å². The minimum Gasteiger partial charge on any atom is -0.460 e. The molecule has 0 aliphatic rings. The number of ether oxygens (including phenoxy) is 10. The zero-order valence-electron chi connectivity index (χ0n) is 33.3. The molecule has 0 heterocycles. The van der Waals surface area contributed by atoms with Crippen LogP contribution in [0.15, 0.2) is 50.6 Å². The second-order valence-electron chi connectivity index (χ2n) is 12.8. The molecule has 18 nitrogen and oxygen atoms in total. The molecular formula is C33H35F15N2O16. The van der Waals surface area contributed by atoms with Crippen LogP contribution < -0.4 is 10.6 Å². The van der Waals surface area contributed by atoms with Crippen molar-refractivity contribution in [2.24, 2.45) is 0 Å². The van der Waals surface area contributed by atoms with Gasteiger partial charge in [0.05, 0.1) is 6.61 Å². The Kier molecular flexibility index (Phi) is 22.0. The summed E-state index contributed by atoms with van der Waals surface area (Å²) in [5.41, 5.74) is -4.80. The highest BCUT2D eigenvalue weighted by molar-refractivity contribution is 5.82. The zero-order chi connectivity index (χ0) is 51.8. The fraction of sp³-hybridized carbons (Fsp3) is 0.576. The fourth-order valence-corrected chi connectivity index (χ4v) is 4.01. The van der Waals surface area contributed by atoms with Crippen molar-refractivity contribution in [2.75, 3.05) is 33.0 Å². The van der Waals surface area contributed by atoms with Crippen molar-refractivity contribution in [1.82, 2.24) is 10.6 Å². The molecule has 0 radical (unpaired) electrons. The van der Waals surface area contributed by atoms with Gasteiger partial charge in [-0.2, -0.15) is 26.3 Å². The molecule has 0 saturated heterocycles.